The highest BCUT2D eigenvalue weighted by Crippen LogP contribution is 2.27. The lowest BCUT2D eigenvalue weighted by Crippen LogP contribution is -2.32. The Balaban J connectivity index is 2.35. The molecule has 3 nitrogen and oxygen atoms in total. The summed E-state index contributed by atoms with van der Waals surface area (Å²) in [6, 6.07) is 8.50. The van der Waals surface area contributed by atoms with Crippen molar-refractivity contribution in [2.75, 3.05) is 25.2 Å². The number of likely N-dealkylation sites (N-methyl/N-ethyl adjacent to an activating group) is 1. The number of nitriles is 1. The molecular weight excluding hydrogens is 200 g/mol. The van der Waals surface area contributed by atoms with E-state index in [1.807, 2.05) is 32.2 Å². The van der Waals surface area contributed by atoms with Gasteiger partial charge in [-0.3, -0.25) is 0 Å². The molecule has 1 saturated heterocycles. The molecule has 1 fully saturated rings. The molecule has 1 heterocycles. The third-order valence-electron chi connectivity index (χ3n) is 3.16. The predicted molar refractivity (Wildman–Crippen MR) is 63.5 cm³/mol. The van der Waals surface area contributed by atoms with Crippen molar-refractivity contribution in [3.63, 3.8) is 0 Å². The summed E-state index contributed by atoms with van der Waals surface area (Å²) in [6.07, 6.45) is 1.04. The van der Waals surface area contributed by atoms with Gasteiger partial charge in [0, 0.05) is 13.7 Å². The van der Waals surface area contributed by atoms with Crippen molar-refractivity contribution in [3.8, 4) is 6.07 Å². The Morgan fingerprint density at radius 3 is 2.94 bits per heavy atom. The topological polar surface area (TPSA) is 36.3 Å². The zero-order chi connectivity index (χ0) is 11.5. The molecule has 0 aromatic heterocycles. The molecule has 0 aliphatic carbocycles. The normalized spacial score (nSPS) is 19.4. The summed E-state index contributed by atoms with van der Waals surface area (Å²) in [5, 5.41) is 9.13. The van der Waals surface area contributed by atoms with Gasteiger partial charge in [0.15, 0.2) is 0 Å². The Morgan fingerprint density at radius 1 is 1.50 bits per heavy atom. The molecule has 0 spiro atoms. The van der Waals surface area contributed by atoms with E-state index >= 15 is 0 Å². The van der Waals surface area contributed by atoms with Crippen LogP contribution >= 0.6 is 0 Å². The Kier molecular flexibility index (Phi) is 3.12. The van der Waals surface area contributed by atoms with Crippen LogP contribution in [0.3, 0.4) is 0 Å². The van der Waals surface area contributed by atoms with Crippen LogP contribution < -0.4 is 4.90 Å². The molecule has 16 heavy (non-hydrogen) atoms. The van der Waals surface area contributed by atoms with Gasteiger partial charge in [0.1, 0.15) is 6.07 Å². The third kappa shape index (κ3) is 1.89. The number of ether oxygens (including phenoxy) is 1. The highest BCUT2D eigenvalue weighted by Gasteiger charge is 2.23. The van der Waals surface area contributed by atoms with Crippen molar-refractivity contribution in [2.24, 2.45) is 0 Å². The van der Waals surface area contributed by atoms with Gasteiger partial charge in [0.05, 0.1) is 23.9 Å². The average molecular weight is 216 g/mol. The largest absolute Gasteiger partial charge is 0.379 e. The van der Waals surface area contributed by atoms with Crippen LogP contribution in [-0.2, 0) is 4.74 Å². The molecule has 0 bridgehead atoms. The fourth-order valence-electron chi connectivity index (χ4n) is 2.23. The Morgan fingerprint density at radius 2 is 2.31 bits per heavy atom. The van der Waals surface area contributed by atoms with Gasteiger partial charge in [-0.2, -0.15) is 5.26 Å². The number of hydrogen-bond donors (Lipinski definition) is 0. The molecule has 1 unspecified atom stereocenters. The van der Waals surface area contributed by atoms with Crippen LogP contribution in [0.1, 0.15) is 17.5 Å². The molecule has 1 atom stereocenters. The molecule has 2 rings (SSSR count). The highest BCUT2D eigenvalue weighted by atomic mass is 16.5. The number of nitrogens with zero attached hydrogens (tertiary/aromatic N) is 2. The van der Waals surface area contributed by atoms with Crippen LogP contribution in [0, 0.1) is 18.3 Å². The zero-order valence-corrected chi connectivity index (χ0v) is 9.73. The second kappa shape index (κ2) is 4.54. The number of rotatable bonds is 2. The van der Waals surface area contributed by atoms with Crippen molar-refractivity contribution < 1.29 is 4.74 Å². The summed E-state index contributed by atoms with van der Waals surface area (Å²) in [7, 11) is 2.04. The number of benzene rings is 1. The van der Waals surface area contributed by atoms with Gasteiger partial charge in [-0.1, -0.05) is 12.1 Å². The van der Waals surface area contributed by atoms with Crippen LogP contribution in [0.15, 0.2) is 18.2 Å². The first kappa shape index (κ1) is 11.0. The Labute approximate surface area is 96.2 Å². The van der Waals surface area contributed by atoms with Gasteiger partial charge < -0.3 is 9.64 Å². The molecule has 0 radical (unpaired) electrons. The molecule has 1 aliphatic heterocycles. The third-order valence-corrected chi connectivity index (χ3v) is 3.16. The first-order chi connectivity index (χ1) is 7.74. The lowest BCUT2D eigenvalue weighted by atomic mass is 10.1. The SMILES string of the molecule is Cc1cccc(C#N)c1N(C)C1CCOC1. The number of anilines is 1. The maximum absolute atomic E-state index is 9.13. The standard InChI is InChI=1S/C13H16N2O/c1-10-4-3-5-11(8-14)13(10)15(2)12-6-7-16-9-12/h3-5,12H,6-7,9H2,1-2H3. The minimum Gasteiger partial charge on any atom is -0.379 e. The molecule has 0 saturated carbocycles. The first-order valence-electron chi connectivity index (χ1n) is 5.54. The fraction of sp³-hybridized carbons (Fsp3) is 0.462. The monoisotopic (exact) mass is 216 g/mol. The molecule has 1 aromatic carbocycles. The molecule has 1 aromatic rings. The summed E-state index contributed by atoms with van der Waals surface area (Å²) in [5.41, 5.74) is 2.93. The molecule has 0 N–H and O–H groups in total. The number of para-hydroxylation sites is 1. The smallest absolute Gasteiger partial charge is 0.101 e. The lowest BCUT2D eigenvalue weighted by Gasteiger charge is -2.27. The second-order valence-corrected chi connectivity index (χ2v) is 4.21. The molecule has 3 heteroatoms. The van der Waals surface area contributed by atoms with Crippen LogP contribution in [0.2, 0.25) is 0 Å². The quantitative estimate of drug-likeness (QED) is 0.759. The molecule has 0 amide bonds. The van der Waals surface area contributed by atoms with Crippen molar-refractivity contribution in [2.45, 2.75) is 19.4 Å². The summed E-state index contributed by atoms with van der Waals surface area (Å²) in [5.74, 6) is 0. The molecule has 84 valence electrons. The second-order valence-electron chi connectivity index (χ2n) is 4.21. The Hall–Kier alpha value is -1.53. The summed E-state index contributed by atoms with van der Waals surface area (Å²) in [4.78, 5) is 2.18. The van der Waals surface area contributed by atoms with E-state index in [9.17, 15) is 0 Å². The van der Waals surface area contributed by atoms with Gasteiger partial charge in [-0.25, -0.2) is 0 Å². The molecule has 1 aliphatic rings. The number of aryl methyl sites for hydroxylation is 1. The average Bonchev–Trinajstić information content (AvgIpc) is 2.81. The van der Waals surface area contributed by atoms with Crippen molar-refractivity contribution in [3.05, 3.63) is 29.3 Å². The lowest BCUT2D eigenvalue weighted by molar-refractivity contribution is 0.193. The minimum absolute atomic E-state index is 0.396. The van der Waals surface area contributed by atoms with Gasteiger partial charge in [-0.15, -0.1) is 0 Å². The van der Waals surface area contributed by atoms with Gasteiger partial charge in [0.2, 0.25) is 0 Å². The van der Waals surface area contributed by atoms with Crippen molar-refractivity contribution in [1.82, 2.24) is 0 Å². The van der Waals surface area contributed by atoms with Crippen molar-refractivity contribution >= 4 is 5.69 Å². The summed E-state index contributed by atoms with van der Waals surface area (Å²) < 4.78 is 5.39. The maximum Gasteiger partial charge on any atom is 0.101 e. The highest BCUT2D eigenvalue weighted by molar-refractivity contribution is 5.64. The van der Waals surface area contributed by atoms with Crippen LogP contribution in [0.5, 0.6) is 0 Å². The van der Waals surface area contributed by atoms with E-state index in [4.69, 9.17) is 10.00 Å². The van der Waals surface area contributed by atoms with Gasteiger partial charge in [-0.05, 0) is 25.0 Å². The van der Waals surface area contributed by atoms with Gasteiger partial charge in [0.25, 0.3) is 0 Å². The van der Waals surface area contributed by atoms with E-state index < -0.39 is 0 Å². The molecular formula is C13H16N2O. The van der Waals surface area contributed by atoms with Crippen molar-refractivity contribution in [1.29, 1.82) is 5.26 Å². The number of hydrogen-bond acceptors (Lipinski definition) is 3. The fourth-order valence-corrected chi connectivity index (χ4v) is 2.23. The van der Waals surface area contributed by atoms with E-state index in [-0.39, 0.29) is 0 Å². The Bertz CT molecular complexity index is 416. The van der Waals surface area contributed by atoms with Gasteiger partial charge >= 0.3 is 0 Å². The zero-order valence-electron chi connectivity index (χ0n) is 9.73. The van der Waals surface area contributed by atoms with Crippen LogP contribution in [-0.4, -0.2) is 26.3 Å². The summed E-state index contributed by atoms with van der Waals surface area (Å²) in [6.45, 7) is 3.63. The summed E-state index contributed by atoms with van der Waals surface area (Å²) >= 11 is 0. The predicted octanol–water partition coefficient (Wildman–Crippen LogP) is 2.09. The first-order valence-corrected chi connectivity index (χ1v) is 5.54. The minimum atomic E-state index is 0.396. The van der Waals surface area contributed by atoms with E-state index in [0.29, 0.717) is 6.04 Å². The van der Waals surface area contributed by atoms with E-state index in [2.05, 4.69) is 11.0 Å². The van der Waals surface area contributed by atoms with E-state index in [1.165, 1.54) is 0 Å². The van der Waals surface area contributed by atoms with E-state index in [1.54, 1.807) is 0 Å². The maximum atomic E-state index is 9.13. The van der Waals surface area contributed by atoms with Crippen LogP contribution in [0.25, 0.3) is 0 Å². The van der Waals surface area contributed by atoms with E-state index in [0.717, 1.165) is 36.4 Å². The van der Waals surface area contributed by atoms with Crippen LogP contribution in [0.4, 0.5) is 5.69 Å².